The lowest BCUT2D eigenvalue weighted by Crippen LogP contribution is -2.28. The van der Waals surface area contributed by atoms with Crippen molar-refractivity contribution in [1.82, 2.24) is 30.0 Å². The van der Waals surface area contributed by atoms with Crippen molar-refractivity contribution in [1.29, 1.82) is 0 Å². The van der Waals surface area contributed by atoms with Gasteiger partial charge in [-0.3, -0.25) is 4.79 Å². The van der Waals surface area contributed by atoms with Crippen molar-refractivity contribution in [3.05, 3.63) is 77.1 Å². The second-order valence-electron chi connectivity index (χ2n) is 7.61. The Labute approximate surface area is 202 Å². The summed E-state index contributed by atoms with van der Waals surface area (Å²) in [7, 11) is 0. The predicted octanol–water partition coefficient (Wildman–Crippen LogP) is 4.69. The Hall–Kier alpha value is -3.80. The Morgan fingerprint density at radius 1 is 1.23 bits per heavy atom. The van der Waals surface area contributed by atoms with Gasteiger partial charge in [0.25, 0.3) is 5.91 Å². The molecule has 3 aromatic heterocycles. The molecule has 4 aromatic rings. The summed E-state index contributed by atoms with van der Waals surface area (Å²) >= 11 is 1.45. The van der Waals surface area contributed by atoms with E-state index in [0.29, 0.717) is 22.9 Å². The van der Waals surface area contributed by atoms with Crippen LogP contribution >= 0.6 is 11.3 Å². The first-order chi connectivity index (χ1) is 16.7. The first-order valence-electron chi connectivity index (χ1n) is 10.6. The second-order valence-corrected chi connectivity index (χ2v) is 8.84. The minimum absolute atomic E-state index is 0.0912. The van der Waals surface area contributed by atoms with E-state index in [1.165, 1.54) is 29.8 Å². The molecule has 1 aromatic carbocycles. The first kappa shape index (κ1) is 24.3. The molecule has 0 saturated heterocycles. The molecule has 1 amide bonds. The van der Waals surface area contributed by atoms with Gasteiger partial charge < -0.3 is 10.1 Å². The van der Waals surface area contributed by atoms with Gasteiger partial charge in [0.05, 0.1) is 29.4 Å². The van der Waals surface area contributed by atoms with Gasteiger partial charge in [0.15, 0.2) is 0 Å². The lowest BCUT2D eigenvalue weighted by molar-refractivity contribution is -0.141. The fourth-order valence-electron chi connectivity index (χ4n) is 3.31. The van der Waals surface area contributed by atoms with Crippen LogP contribution in [0.4, 0.5) is 13.2 Å². The molecule has 0 unspecified atom stereocenters. The fraction of sp³-hybridized carbons (Fsp3) is 0.261. The number of hydrogen-bond donors (Lipinski definition) is 1. The Kier molecular flexibility index (Phi) is 7.10. The van der Waals surface area contributed by atoms with Crippen LogP contribution in [0, 0.1) is 6.92 Å². The van der Waals surface area contributed by atoms with E-state index in [4.69, 9.17) is 4.74 Å². The van der Waals surface area contributed by atoms with Gasteiger partial charge in [0, 0.05) is 11.1 Å². The highest BCUT2D eigenvalue weighted by atomic mass is 32.1. The van der Waals surface area contributed by atoms with Crippen molar-refractivity contribution in [3.8, 4) is 16.3 Å². The molecule has 0 saturated carbocycles. The summed E-state index contributed by atoms with van der Waals surface area (Å²) in [5.74, 6) is -0.189. The van der Waals surface area contributed by atoms with E-state index in [1.54, 1.807) is 42.3 Å². The van der Waals surface area contributed by atoms with Gasteiger partial charge in [-0.15, -0.1) is 11.3 Å². The van der Waals surface area contributed by atoms with Gasteiger partial charge in [0.2, 0.25) is 0 Å². The molecule has 0 radical (unpaired) electrons. The second kappa shape index (κ2) is 10.2. The zero-order chi connectivity index (χ0) is 25.0. The van der Waals surface area contributed by atoms with Crippen molar-refractivity contribution in [2.45, 2.75) is 32.6 Å². The van der Waals surface area contributed by atoms with E-state index < -0.39 is 23.8 Å². The monoisotopic (exact) mass is 502 g/mol. The molecule has 182 valence electrons. The van der Waals surface area contributed by atoms with Crippen molar-refractivity contribution < 1.29 is 22.7 Å². The van der Waals surface area contributed by atoms with Crippen molar-refractivity contribution in [2.24, 2.45) is 0 Å². The third-order valence-electron chi connectivity index (χ3n) is 5.00. The summed E-state index contributed by atoms with van der Waals surface area (Å²) in [6.45, 7) is 4.10. The highest BCUT2D eigenvalue weighted by molar-refractivity contribution is 7.15. The molecule has 8 nitrogen and oxygen atoms in total. The van der Waals surface area contributed by atoms with Gasteiger partial charge in [-0.1, -0.05) is 12.1 Å². The van der Waals surface area contributed by atoms with Crippen LogP contribution in [0.25, 0.3) is 10.6 Å². The van der Waals surface area contributed by atoms with Gasteiger partial charge in [-0.25, -0.2) is 19.6 Å². The number of hydrogen-bond acceptors (Lipinski definition) is 7. The summed E-state index contributed by atoms with van der Waals surface area (Å²) < 4.78 is 46.8. The van der Waals surface area contributed by atoms with E-state index in [2.05, 4.69) is 25.4 Å². The molecule has 0 bridgehead atoms. The Bertz CT molecular complexity index is 1310. The summed E-state index contributed by atoms with van der Waals surface area (Å²) in [5.41, 5.74) is -0.0603. The predicted molar refractivity (Wildman–Crippen MR) is 123 cm³/mol. The average Bonchev–Trinajstić information content (AvgIpc) is 3.50. The number of carbonyl (C=O) groups is 1. The number of halogens is 3. The standard InChI is InChI=1S/C23H21F3N6O2S/c1-14-11-28-22(35-14)17-6-3-5-16(20(17)34-10-9-32-13-27-12-29-32)21(33)30-15(2)18-7-4-8-19(31-18)23(24,25)26/h3-8,11-13,15H,9-10H2,1-2H3,(H,30,33)/t15-/m1/s1. The first-order valence-corrected chi connectivity index (χ1v) is 11.4. The quantitative estimate of drug-likeness (QED) is 0.376. The summed E-state index contributed by atoms with van der Waals surface area (Å²) in [6.07, 6.45) is 0.115. The minimum atomic E-state index is -4.58. The Balaban J connectivity index is 1.60. The minimum Gasteiger partial charge on any atom is -0.490 e. The number of nitrogens with zero attached hydrogens (tertiary/aromatic N) is 5. The van der Waals surface area contributed by atoms with Crippen LogP contribution < -0.4 is 10.1 Å². The Morgan fingerprint density at radius 3 is 2.71 bits per heavy atom. The number of aryl methyl sites for hydroxylation is 1. The molecule has 35 heavy (non-hydrogen) atoms. The maximum atomic E-state index is 13.2. The van der Waals surface area contributed by atoms with Crippen LogP contribution in [-0.4, -0.2) is 37.2 Å². The molecular formula is C23H21F3N6O2S. The fourth-order valence-corrected chi connectivity index (χ4v) is 4.09. The smallest absolute Gasteiger partial charge is 0.433 e. The molecule has 0 aliphatic carbocycles. The third kappa shape index (κ3) is 5.83. The summed E-state index contributed by atoms with van der Waals surface area (Å²) in [5, 5.41) is 7.44. The highest BCUT2D eigenvalue weighted by Crippen LogP contribution is 2.36. The van der Waals surface area contributed by atoms with Crippen LogP contribution in [0.1, 0.15) is 39.6 Å². The number of benzene rings is 1. The molecule has 3 heterocycles. The van der Waals surface area contributed by atoms with E-state index in [-0.39, 0.29) is 17.9 Å². The van der Waals surface area contributed by atoms with Crippen LogP contribution in [0.5, 0.6) is 5.75 Å². The van der Waals surface area contributed by atoms with Crippen LogP contribution in [0.3, 0.4) is 0 Å². The number of para-hydroxylation sites is 1. The van der Waals surface area contributed by atoms with Crippen molar-refractivity contribution >= 4 is 17.2 Å². The summed E-state index contributed by atoms with van der Waals surface area (Å²) in [6, 6.07) is 7.91. The lowest BCUT2D eigenvalue weighted by Gasteiger charge is -2.18. The SMILES string of the molecule is Cc1cnc(-c2cccc(C(=O)N[C@H](C)c3cccc(C(F)(F)F)n3)c2OCCn2cncn2)s1. The van der Waals surface area contributed by atoms with Gasteiger partial charge in [-0.05, 0) is 38.1 Å². The topological polar surface area (TPSA) is 94.8 Å². The average molecular weight is 503 g/mol. The van der Waals surface area contributed by atoms with E-state index in [0.717, 1.165) is 10.9 Å². The molecule has 4 rings (SSSR count). The van der Waals surface area contributed by atoms with E-state index >= 15 is 0 Å². The molecule has 12 heteroatoms. The highest BCUT2D eigenvalue weighted by Gasteiger charge is 2.33. The van der Waals surface area contributed by atoms with Crippen molar-refractivity contribution in [3.63, 3.8) is 0 Å². The summed E-state index contributed by atoms with van der Waals surface area (Å²) in [4.78, 5) is 26.2. The van der Waals surface area contributed by atoms with Gasteiger partial charge in [-0.2, -0.15) is 18.3 Å². The molecule has 1 atom stereocenters. The van der Waals surface area contributed by atoms with Crippen LogP contribution in [-0.2, 0) is 12.7 Å². The van der Waals surface area contributed by atoms with Gasteiger partial charge in [0.1, 0.15) is 35.7 Å². The number of ether oxygens (including phenoxy) is 1. The number of rotatable bonds is 8. The molecule has 0 spiro atoms. The maximum absolute atomic E-state index is 13.2. The number of amides is 1. The number of aromatic nitrogens is 5. The van der Waals surface area contributed by atoms with E-state index in [1.807, 2.05) is 6.92 Å². The van der Waals surface area contributed by atoms with Crippen LogP contribution in [0.15, 0.2) is 55.2 Å². The normalized spacial score (nSPS) is 12.4. The van der Waals surface area contributed by atoms with Crippen LogP contribution in [0.2, 0.25) is 0 Å². The number of carbonyl (C=O) groups excluding carboxylic acids is 1. The number of thiazole rings is 1. The number of nitrogens with one attached hydrogen (secondary N) is 1. The number of pyridine rings is 1. The van der Waals surface area contributed by atoms with E-state index in [9.17, 15) is 18.0 Å². The molecule has 1 N–H and O–H groups in total. The third-order valence-corrected chi connectivity index (χ3v) is 5.94. The van der Waals surface area contributed by atoms with Gasteiger partial charge >= 0.3 is 6.18 Å². The Morgan fingerprint density at radius 2 is 2.03 bits per heavy atom. The maximum Gasteiger partial charge on any atom is 0.433 e. The molecule has 0 fully saturated rings. The van der Waals surface area contributed by atoms with Crippen molar-refractivity contribution in [2.75, 3.05) is 6.61 Å². The lowest BCUT2D eigenvalue weighted by atomic mass is 10.1. The zero-order valence-corrected chi connectivity index (χ0v) is 19.6. The zero-order valence-electron chi connectivity index (χ0n) is 18.8. The largest absolute Gasteiger partial charge is 0.490 e. The number of alkyl halides is 3. The molecular weight excluding hydrogens is 481 g/mol. The molecule has 0 aliphatic heterocycles. The molecule has 0 aliphatic rings.